The molecule has 126 valence electrons. The van der Waals surface area contributed by atoms with E-state index in [-0.39, 0.29) is 9.92 Å². The molecule has 1 fully saturated rings. The fraction of sp³-hybridized carbons (Fsp3) is 0.500. The molecule has 0 N–H and O–H groups in total. The number of hydrogen-bond acceptors (Lipinski definition) is 3. The van der Waals surface area contributed by atoms with E-state index in [0.29, 0.717) is 32.2 Å². The van der Waals surface area contributed by atoms with Crippen LogP contribution in [0.1, 0.15) is 19.3 Å². The van der Waals surface area contributed by atoms with Gasteiger partial charge in [-0.15, -0.1) is 0 Å². The quantitative estimate of drug-likeness (QED) is 0.780. The van der Waals surface area contributed by atoms with Gasteiger partial charge in [0.25, 0.3) is 0 Å². The van der Waals surface area contributed by atoms with Crippen LogP contribution < -0.4 is 0 Å². The Bertz CT molecular complexity index is 700. The van der Waals surface area contributed by atoms with Crippen molar-refractivity contribution in [1.29, 1.82) is 0 Å². The Kier molecular flexibility index (Phi) is 5.06. The van der Waals surface area contributed by atoms with E-state index in [0.717, 1.165) is 18.9 Å². The van der Waals surface area contributed by atoms with Crippen molar-refractivity contribution in [3.8, 4) is 0 Å². The minimum Gasteiger partial charge on any atom is -0.294 e. The van der Waals surface area contributed by atoms with Crippen molar-refractivity contribution in [3.63, 3.8) is 0 Å². The predicted octanol–water partition coefficient (Wildman–Crippen LogP) is 2.89. The summed E-state index contributed by atoms with van der Waals surface area (Å²) in [5, 5.41) is -0.169. The van der Waals surface area contributed by atoms with E-state index in [9.17, 15) is 12.8 Å². The number of nitrogens with zero attached hydrogens (tertiary/aromatic N) is 2. The molecule has 0 saturated carbocycles. The maximum Gasteiger partial charge on any atom is 0.243 e. The number of halogens is 2. The minimum atomic E-state index is -3.62. The van der Waals surface area contributed by atoms with E-state index in [1.54, 1.807) is 0 Å². The van der Waals surface area contributed by atoms with E-state index in [1.807, 2.05) is 0 Å². The van der Waals surface area contributed by atoms with Gasteiger partial charge in [0.15, 0.2) is 0 Å². The van der Waals surface area contributed by atoms with Gasteiger partial charge in [-0.05, 0) is 37.5 Å². The third-order valence-corrected chi connectivity index (χ3v) is 6.68. The average molecular weight is 359 g/mol. The Labute approximate surface area is 141 Å². The van der Waals surface area contributed by atoms with Crippen molar-refractivity contribution in [3.05, 3.63) is 41.2 Å². The van der Waals surface area contributed by atoms with Gasteiger partial charge in [-0.1, -0.05) is 23.8 Å². The van der Waals surface area contributed by atoms with E-state index < -0.39 is 15.8 Å². The summed E-state index contributed by atoms with van der Waals surface area (Å²) in [5.41, 5.74) is 0. The molecule has 0 aromatic heterocycles. The molecule has 1 atom stereocenters. The molecule has 7 heteroatoms. The van der Waals surface area contributed by atoms with Crippen LogP contribution in [0.15, 0.2) is 35.2 Å². The summed E-state index contributed by atoms with van der Waals surface area (Å²) < 4.78 is 40.0. The molecule has 1 aromatic carbocycles. The number of rotatable bonds is 3. The van der Waals surface area contributed by atoms with Crippen LogP contribution in [0, 0.1) is 5.82 Å². The lowest BCUT2D eigenvalue weighted by Gasteiger charge is -2.38. The van der Waals surface area contributed by atoms with Crippen molar-refractivity contribution in [2.45, 2.75) is 30.2 Å². The van der Waals surface area contributed by atoms with Gasteiger partial charge < -0.3 is 0 Å². The summed E-state index contributed by atoms with van der Waals surface area (Å²) in [5.74, 6) is -0.612. The molecular weight excluding hydrogens is 339 g/mol. The standard InChI is InChI=1S/C16H20ClFN2O2S/c17-15-12-14(6-7-16(15)18)23(21,22)20-10-8-19(9-11-20)13-4-2-1-3-5-13/h2,4,6-7,12-13H,1,3,5,8-11H2. The molecule has 2 aliphatic rings. The van der Waals surface area contributed by atoms with Gasteiger partial charge in [0.1, 0.15) is 5.82 Å². The molecule has 1 aliphatic heterocycles. The second kappa shape index (κ2) is 6.89. The maximum atomic E-state index is 13.2. The molecule has 0 radical (unpaired) electrons. The molecule has 1 unspecified atom stereocenters. The zero-order valence-corrected chi connectivity index (χ0v) is 14.4. The highest BCUT2D eigenvalue weighted by atomic mass is 35.5. The second-order valence-electron chi connectivity index (χ2n) is 5.94. The van der Waals surface area contributed by atoms with Crippen molar-refractivity contribution in [1.82, 2.24) is 9.21 Å². The zero-order chi connectivity index (χ0) is 16.4. The molecule has 3 rings (SSSR count). The summed E-state index contributed by atoms with van der Waals surface area (Å²) in [6.45, 7) is 2.32. The van der Waals surface area contributed by atoms with Crippen LogP contribution in [-0.2, 0) is 10.0 Å². The molecule has 1 aromatic rings. The lowest BCUT2D eigenvalue weighted by Crippen LogP contribution is -2.51. The molecule has 1 aliphatic carbocycles. The Morgan fingerprint density at radius 2 is 1.91 bits per heavy atom. The minimum absolute atomic E-state index is 0.0508. The predicted molar refractivity (Wildman–Crippen MR) is 88.5 cm³/mol. The molecule has 23 heavy (non-hydrogen) atoms. The van der Waals surface area contributed by atoms with Crippen LogP contribution in [0.3, 0.4) is 0 Å². The second-order valence-corrected chi connectivity index (χ2v) is 8.29. The maximum absolute atomic E-state index is 13.2. The summed E-state index contributed by atoms with van der Waals surface area (Å²) >= 11 is 5.71. The molecule has 0 spiro atoms. The van der Waals surface area contributed by atoms with Gasteiger partial charge in [0.05, 0.1) is 9.92 Å². The number of piperazine rings is 1. The largest absolute Gasteiger partial charge is 0.294 e. The normalized spacial score (nSPS) is 24.0. The molecule has 1 heterocycles. The highest BCUT2D eigenvalue weighted by molar-refractivity contribution is 7.89. The third-order valence-electron chi connectivity index (χ3n) is 4.50. The van der Waals surface area contributed by atoms with E-state index in [1.165, 1.54) is 22.9 Å². The van der Waals surface area contributed by atoms with Crippen LogP contribution in [0.2, 0.25) is 5.02 Å². The number of benzene rings is 1. The smallest absolute Gasteiger partial charge is 0.243 e. The average Bonchev–Trinajstić information content (AvgIpc) is 2.58. The first kappa shape index (κ1) is 16.9. The molecular formula is C16H20ClFN2O2S. The van der Waals surface area contributed by atoms with Gasteiger partial charge in [-0.25, -0.2) is 12.8 Å². The first-order chi connectivity index (χ1) is 11.0. The molecule has 1 saturated heterocycles. The van der Waals surface area contributed by atoms with Crippen molar-refractivity contribution in [2.24, 2.45) is 0 Å². The highest BCUT2D eigenvalue weighted by Crippen LogP contribution is 2.24. The van der Waals surface area contributed by atoms with Gasteiger partial charge in [0, 0.05) is 32.2 Å². The van der Waals surface area contributed by atoms with Crippen molar-refractivity contribution < 1.29 is 12.8 Å². The van der Waals surface area contributed by atoms with Crippen molar-refractivity contribution >= 4 is 21.6 Å². The monoisotopic (exact) mass is 358 g/mol. The third kappa shape index (κ3) is 3.60. The summed E-state index contributed by atoms with van der Waals surface area (Å²) in [7, 11) is -3.62. The van der Waals surface area contributed by atoms with Gasteiger partial charge >= 0.3 is 0 Å². The summed E-state index contributed by atoms with van der Waals surface area (Å²) in [6.07, 6.45) is 7.89. The molecule has 4 nitrogen and oxygen atoms in total. The Morgan fingerprint density at radius 3 is 2.52 bits per heavy atom. The fourth-order valence-electron chi connectivity index (χ4n) is 3.16. The summed E-state index contributed by atoms with van der Waals surface area (Å²) in [4.78, 5) is 2.38. The van der Waals surface area contributed by atoms with Crippen LogP contribution >= 0.6 is 11.6 Å². The van der Waals surface area contributed by atoms with Crippen LogP contribution in [-0.4, -0.2) is 49.8 Å². The Morgan fingerprint density at radius 1 is 1.17 bits per heavy atom. The van der Waals surface area contributed by atoms with Gasteiger partial charge in [-0.2, -0.15) is 4.31 Å². The van der Waals surface area contributed by atoms with Gasteiger partial charge in [-0.3, -0.25) is 4.90 Å². The highest BCUT2D eigenvalue weighted by Gasteiger charge is 2.31. The van der Waals surface area contributed by atoms with E-state index in [4.69, 9.17) is 11.6 Å². The van der Waals surface area contributed by atoms with Crippen LogP contribution in [0.5, 0.6) is 0 Å². The Balaban J connectivity index is 1.69. The van der Waals surface area contributed by atoms with E-state index in [2.05, 4.69) is 17.1 Å². The first-order valence-corrected chi connectivity index (χ1v) is 9.66. The van der Waals surface area contributed by atoms with Crippen LogP contribution in [0.4, 0.5) is 4.39 Å². The lowest BCUT2D eigenvalue weighted by molar-refractivity contribution is 0.150. The first-order valence-electron chi connectivity index (χ1n) is 7.84. The number of allylic oxidation sites excluding steroid dienone is 1. The topological polar surface area (TPSA) is 40.6 Å². The van der Waals surface area contributed by atoms with Crippen LogP contribution in [0.25, 0.3) is 0 Å². The fourth-order valence-corrected chi connectivity index (χ4v) is 4.85. The Hall–Kier alpha value is -0.950. The lowest BCUT2D eigenvalue weighted by atomic mass is 10.0. The SMILES string of the molecule is O=S(=O)(c1ccc(F)c(Cl)c1)N1CCN(C2C=CCCC2)CC1. The molecule has 0 bridgehead atoms. The van der Waals surface area contributed by atoms with Gasteiger partial charge in [0.2, 0.25) is 10.0 Å². The summed E-state index contributed by atoms with van der Waals surface area (Å²) in [6, 6.07) is 3.97. The molecule has 0 amide bonds. The number of hydrogen-bond donors (Lipinski definition) is 0. The zero-order valence-electron chi connectivity index (χ0n) is 12.8. The van der Waals surface area contributed by atoms with Crippen molar-refractivity contribution in [2.75, 3.05) is 26.2 Å². The number of sulfonamides is 1. The van der Waals surface area contributed by atoms with E-state index >= 15 is 0 Å².